The average Bonchev–Trinajstić information content (AvgIpc) is 3.03. The van der Waals surface area contributed by atoms with Crippen molar-refractivity contribution in [3.63, 3.8) is 0 Å². The highest BCUT2D eigenvalue weighted by Gasteiger charge is 2.42. The number of nitrogens with zero attached hydrogens (tertiary/aromatic N) is 1. The van der Waals surface area contributed by atoms with Crippen LogP contribution in [0.15, 0.2) is 24.3 Å². The lowest BCUT2D eigenvalue weighted by Crippen LogP contribution is -2.37. The first-order valence-electron chi connectivity index (χ1n) is 6.09. The first-order valence-corrected chi connectivity index (χ1v) is 6.09. The molecule has 0 spiro atoms. The van der Waals surface area contributed by atoms with Gasteiger partial charge < -0.3 is 10.0 Å². The molecule has 0 bridgehead atoms. The number of carbonyl (C=O) groups is 2. The van der Waals surface area contributed by atoms with Crippen molar-refractivity contribution in [2.24, 2.45) is 11.8 Å². The number of carbonyl (C=O) groups excluding carboxylic acids is 1. The number of carboxylic acids is 1. The molecule has 2 rings (SSSR count). The molecule has 0 radical (unpaired) electrons. The Morgan fingerprint density at radius 1 is 1.33 bits per heavy atom. The van der Waals surface area contributed by atoms with E-state index in [-0.39, 0.29) is 18.4 Å². The highest BCUT2D eigenvalue weighted by Crippen LogP contribution is 2.40. The molecule has 1 saturated carbocycles. The van der Waals surface area contributed by atoms with Crippen molar-refractivity contribution in [1.29, 1.82) is 0 Å². The Bertz CT molecular complexity index is 466. The Balaban J connectivity index is 2.21. The lowest BCUT2D eigenvalue weighted by molar-refractivity contribution is -0.136. The number of hydrogen-bond acceptors (Lipinski definition) is 2. The molecule has 4 heteroatoms. The number of aryl methyl sites for hydroxylation is 1. The van der Waals surface area contributed by atoms with Crippen LogP contribution in [0.3, 0.4) is 0 Å². The fourth-order valence-electron chi connectivity index (χ4n) is 2.02. The van der Waals surface area contributed by atoms with E-state index >= 15 is 0 Å². The first kappa shape index (κ1) is 12.6. The Labute approximate surface area is 106 Å². The third-order valence-corrected chi connectivity index (χ3v) is 3.33. The van der Waals surface area contributed by atoms with E-state index in [2.05, 4.69) is 0 Å². The largest absolute Gasteiger partial charge is 0.480 e. The van der Waals surface area contributed by atoms with Crippen molar-refractivity contribution >= 4 is 17.6 Å². The molecule has 18 heavy (non-hydrogen) atoms. The van der Waals surface area contributed by atoms with Gasteiger partial charge in [0.15, 0.2) is 0 Å². The summed E-state index contributed by atoms with van der Waals surface area (Å²) in [6.45, 7) is 3.69. The van der Waals surface area contributed by atoms with Crippen LogP contribution in [0.25, 0.3) is 0 Å². The maximum Gasteiger partial charge on any atom is 0.323 e. The van der Waals surface area contributed by atoms with E-state index in [1.54, 1.807) is 12.1 Å². The summed E-state index contributed by atoms with van der Waals surface area (Å²) in [4.78, 5) is 24.5. The zero-order chi connectivity index (χ0) is 13.3. The van der Waals surface area contributed by atoms with Gasteiger partial charge in [-0.2, -0.15) is 0 Å². The van der Waals surface area contributed by atoms with Gasteiger partial charge >= 0.3 is 5.97 Å². The molecule has 1 fully saturated rings. The lowest BCUT2D eigenvalue weighted by atomic mass is 10.2. The van der Waals surface area contributed by atoms with Crippen molar-refractivity contribution in [3.8, 4) is 0 Å². The molecule has 1 amide bonds. The van der Waals surface area contributed by atoms with E-state index in [9.17, 15) is 9.59 Å². The normalized spacial score (nSPS) is 21.4. The number of amides is 1. The number of hydrogen-bond donors (Lipinski definition) is 1. The van der Waals surface area contributed by atoms with Crippen molar-refractivity contribution in [3.05, 3.63) is 29.8 Å². The fourth-order valence-corrected chi connectivity index (χ4v) is 2.02. The summed E-state index contributed by atoms with van der Waals surface area (Å²) in [6.07, 6.45) is 0.862. The molecule has 1 aromatic rings. The molecule has 1 aliphatic rings. The number of benzene rings is 1. The maximum atomic E-state index is 12.2. The number of rotatable bonds is 4. The molecule has 2 unspecified atom stereocenters. The molecule has 1 N–H and O–H groups in total. The van der Waals surface area contributed by atoms with E-state index < -0.39 is 5.97 Å². The van der Waals surface area contributed by atoms with Gasteiger partial charge in [-0.15, -0.1) is 0 Å². The van der Waals surface area contributed by atoms with E-state index in [1.165, 1.54) is 4.90 Å². The van der Waals surface area contributed by atoms with Gasteiger partial charge in [-0.1, -0.05) is 24.6 Å². The third kappa shape index (κ3) is 2.70. The minimum atomic E-state index is -0.989. The Hall–Kier alpha value is -1.84. The van der Waals surface area contributed by atoms with Gasteiger partial charge in [0.1, 0.15) is 6.54 Å². The van der Waals surface area contributed by atoms with Crippen LogP contribution in [-0.2, 0) is 9.59 Å². The lowest BCUT2D eigenvalue weighted by Gasteiger charge is -2.21. The summed E-state index contributed by atoms with van der Waals surface area (Å²) in [6, 6.07) is 7.36. The predicted octanol–water partition coefficient (Wildman–Crippen LogP) is 2.07. The Kier molecular flexibility index (Phi) is 3.36. The van der Waals surface area contributed by atoms with Gasteiger partial charge in [0.25, 0.3) is 0 Å². The van der Waals surface area contributed by atoms with Crippen LogP contribution < -0.4 is 4.90 Å². The highest BCUT2D eigenvalue weighted by atomic mass is 16.4. The average molecular weight is 247 g/mol. The predicted molar refractivity (Wildman–Crippen MR) is 68.4 cm³/mol. The molecular weight excluding hydrogens is 230 g/mol. The highest BCUT2D eigenvalue weighted by molar-refractivity contribution is 6.00. The molecule has 4 nitrogen and oxygen atoms in total. The molecule has 0 aromatic heterocycles. The van der Waals surface area contributed by atoms with Gasteiger partial charge in [-0.05, 0) is 31.4 Å². The second-order valence-corrected chi connectivity index (χ2v) is 4.97. The maximum absolute atomic E-state index is 12.2. The monoisotopic (exact) mass is 247 g/mol. The topological polar surface area (TPSA) is 57.6 Å². The molecule has 2 atom stereocenters. The van der Waals surface area contributed by atoms with E-state index in [0.29, 0.717) is 11.6 Å². The second-order valence-electron chi connectivity index (χ2n) is 4.97. The summed E-state index contributed by atoms with van der Waals surface area (Å²) in [5.41, 5.74) is 1.74. The minimum Gasteiger partial charge on any atom is -0.480 e. The van der Waals surface area contributed by atoms with Crippen molar-refractivity contribution in [1.82, 2.24) is 0 Å². The van der Waals surface area contributed by atoms with Crippen molar-refractivity contribution in [2.45, 2.75) is 20.3 Å². The van der Waals surface area contributed by atoms with Crippen LogP contribution in [-0.4, -0.2) is 23.5 Å². The summed E-state index contributed by atoms with van der Waals surface area (Å²) >= 11 is 0. The quantitative estimate of drug-likeness (QED) is 0.886. The van der Waals surface area contributed by atoms with Gasteiger partial charge in [-0.25, -0.2) is 0 Å². The van der Waals surface area contributed by atoms with E-state index in [4.69, 9.17) is 5.11 Å². The van der Waals surface area contributed by atoms with Crippen LogP contribution in [0.2, 0.25) is 0 Å². The van der Waals surface area contributed by atoms with Gasteiger partial charge in [0.2, 0.25) is 5.91 Å². The van der Waals surface area contributed by atoms with Crippen LogP contribution >= 0.6 is 0 Å². The minimum absolute atomic E-state index is 0.00865. The van der Waals surface area contributed by atoms with E-state index in [1.807, 2.05) is 26.0 Å². The zero-order valence-electron chi connectivity index (χ0n) is 10.6. The number of aliphatic carboxylic acids is 1. The summed E-state index contributed by atoms with van der Waals surface area (Å²) in [7, 11) is 0. The number of carboxylic acid groups (broad SMARTS) is 1. The molecule has 0 aliphatic heterocycles. The zero-order valence-corrected chi connectivity index (χ0v) is 10.6. The Morgan fingerprint density at radius 3 is 2.33 bits per heavy atom. The fraction of sp³-hybridized carbons (Fsp3) is 0.429. The van der Waals surface area contributed by atoms with Crippen molar-refractivity contribution < 1.29 is 14.7 Å². The summed E-state index contributed by atoms with van der Waals surface area (Å²) in [5, 5.41) is 8.92. The molecule has 96 valence electrons. The Morgan fingerprint density at radius 2 is 1.89 bits per heavy atom. The first-order chi connectivity index (χ1) is 8.49. The molecule has 0 heterocycles. The summed E-state index contributed by atoms with van der Waals surface area (Å²) < 4.78 is 0. The van der Waals surface area contributed by atoms with Gasteiger partial charge in [0.05, 0.1) is 0 Å². The SMILES string of the molecule is Cc1ccc(N(CC(=O)O)C(=O)C2CC2C)cc1. The molecule has 1 aromatic carbocycles. The molecular formula is C14H17NO3. The smallest absolute Gasteiger partial charge is 0.323 e. The number of anilines is 1. The third-order valence-electron chi connectivity index (χ3n) is 3.33. The van der Waals surface area contributed by atoms with Crippen LogP contribution in [0.5, 0.6) is 0 Å². The van der Waals surface area contributed by atoms with Gasteiger partial charge in [0, 0.05) is 11.6 Å². The van der Waals surface area contributed by atoms with E-state index in [0.717, 1.165) is 12.0 Å². The molecule has 1 aliphatic carbocycles. The molecule has 0 saturated heterocycles. The standard InChI is InChI=1S/C14H17NO3/c1-9-3-5-11(6-4-9)15(8-13(16)17)14(18)12-7-10(12)2/h3-6,10,12H,7-8H2,1-2H3,(H,16,17). The summed E-state index contributed by atoms with van der Waals surface area (Å²) in [5.74, 6) is -0.698. The van der Waals surface area contributed by atoms with Crippen LogP contribution in [0, 0.1) is 18.8 Å². The van der Waals surface area contributed by atoms with Crippen LogP contribution in [0.4, 0.5) is 5.69 Å². The van der Waals surface area contributed by atoms with Crippen molar-refractivity contribution in [2.75, 3.05) is 11.4 Å². The van der Waals surface area contributed by atoms with Crippen LogP contribution in [0.1, 0.15) is 18.9 Å². The second kappa shape index (κ2) is 4.80. The van der Waals surface area contributed by atoms with Gasteiger partial charge in [-0.3, -0.25) is 9.59 Å².